The van der Waals surface area contributed by atoms with Crippen LogP contribution in [0.25, 0.3) is 21.3 Å². The van der Waals surface area contributed by atoms with Crippen molar-refractivity contribution < 1.29 is 23.8 Å². The summed E-state index contributed by atoms with van der Waals surface area (Å²) in [6.07, 6.45) is 7.53. The number of carbonyl (C=O) groups is 2. The first-order valence-electron chi connectivity index (χ1n) is 13.1. The van der Waals surface area contributed by atoms with Crippen molar-refractivity contribution in [1.82, 2.24) is 15.0 Å². The second-order valence-electron chi connectivity index (χ2n) is 11.0. The normalized spacial score (nSPS) is 23.3. The third kappa shape index (κ3) is 6.54. The molecule has 10 heteroatoms. The van der Waals surface area contributed by atoms with Gasteiger partial charge in [-0.3, -0.25) is 9.59 Å². The zero-order valence-electron chi connectivity index (χ0n) is 22.2. The van der Waals surface area contributed by atoms with Gasteiger partial charge in [0.2, 0.25) is 5.91 Å². The van der Waals surface area contributed by atoms with E-state index in [1.54, 1.807) is 12.4 Å². The maximum atomic E-state index is 12.7. The van der Waals surface area contributed by atoms with Gasteiger partial charge in [-0.15, -0.1) is 0 Å². The Bertz CT molecular complexity index is 1300. The molecule has 3 aromatic rings. The summed E-state index contributed by atoms with van der Waals surface area (Å²) in [6, 6.07) is 5.96. The summed E-state index contributed by atoms with van der Waals surface area (Å²) in [4.78, 5) is 37.5. The molecule has 1 N–H and O–H groups in total. The minimum absolute atomic E-state index is 0.000951. The number of carbonyl (C=O) groups excluding carboxylic acids is 2. The molecule has 2 aliphatic rings. The number of hydrogen-bond acceptors (Lipinski definition) is 9. The number of ether oxygens (including phenoxy) is 3. The largest absolute Gasteiger partial charge is 0.460 e. The zero-order chi connectivity index (χ0) is 26.9. The highest BCUT2D eigenvalue weighted by Crippen LogP contribution is 2.35. The topological polar surface area (TPSA) is 113 Å². The van der Waals surface area contributed by atoms with Crippen molar-refractivity contribution in [2.24, 2.45) is 5.92 Å². The first-order valence-corrected chi connectivity index (χ1v) is 13.9. The third-order valence-electron chi connectivity index (χ3n) is 6.78. The lowest BCUT2D eigenvalue weighted by molar-refractivity contribution is -0.153. The van der Waals surface area contributed by atoms with Crippen molar-refractivity contribution in [3.63, 3.8) is 0 Å². The van der Waals surface area contributed by atoms with Gasteiger partial charge in [0.1, 0.15) is 12.7 Å². The van der Waals surface area contributed by atoms with Crippen LogP contribution in [0.1, 0.15) is 65.6 Å². The Kier molecular flexibility index (Phi) is 7.74. The predicted molar refractivity (Wildman–Crippen MR) is 145 cm³/mol. The van der Waals surface area contributed by atoms with Gasteiger partial charge < -0.3 is 19.5 Å². The lowest BCUT2D eigenvalue weighted by Crippen LogP contribution is -2.42. The van der Waals surface area contributed by atoms with Crippen LogP contribution < -0.4 is 5.32 Å². The predicted octanol–water partition coefficient (Wildman–Crippen LogP) is 5.29. The molecule has 2 atom stereocenters. The molecule has 2 aromatic heterocycles. The summed E-state index contributed by atoms with van der Waals surface area (Å²) in [5.41, 5.74) is 2.49. The lowest BCUT2D eigenvalue weighted by atomic mass is 9.81. The molecule has 5 rings (SSSR count). The average molecular weight is 539 g/mol. The molecule has 202 valence electrons. The van der Waals surface area contributed by atoms with E-state index >= 15 is 0 Å². The summed E-state index contributed by atoms with van der Waals surface area (Å²) in [5.74, 6) is 0.265. The Morgan fingerprint density at radius 3 is 2.53 bits per heavy atom. The fourth-order valence-electron chi connectivity index (χ4n) is 4.93. The molecule has 0 saturated heterocycles. The van der Waals surface area contributed by atoms with E-state index in [4.69, 9.17) is 14.2 Å². The smallest absolute Gasteiger partial charge is 0.302 e. The number of benzene rings is 1. The molecule has 2 aliphatic carbocycles. The Hall–Kier alpha value is -2.95. The first kappa shape index (κ1) is 26.6. The highest BCUT2D eigenvalue weighted by atomic mass is 32.1. The van der Waals surface area contributed by atoms with E-state index in [0.29, 0.717) is 11.0 Å². The molecule has 38 heavy (non-hydrogen) atoms. The van der Waals surface area contributed by atoms with Gasteiger partial charge in [0.25, 0.3) is 0 Å². The van der Waals surface area contributed by atoms with Crippen molar-refractivity contribution >= 4 is 38.6 Å². The van der Waals surface area contributed by atoms with E-state index in [0.717, 1.165) is 53.4 Å². The Morgan fingerprint density at radius 1 is 1.08 bits per heavy atom. The second kappa shape index (κ2) is 11.0. The van der Waals surface area contributed by atoms with Crippen molar-refractivity contribution in [1.29, 1.82) is 0 Å². The van der Waals surface area contributed by atoms with Crippen LogP contribution in [0.15, 0.2) is 30.6 Å². The third-order valence-corrected chi connectivity index (χ3v) is 7.71. The van der Waals surface area contributed by atoms with E-state index in [1.165, 1.54) is 18.3 Å². The molecule has 0 bridgehead atoms. The van der Waals surface area contributed by atoms with Gasteiger partial charge in [-0.2, -0.15) is 0 Å². The van der Waals surface area contributed by atoms with Gasteiger partial charge in [0, 0.05) is 30.8 Å². The van der Waals surface area contributed by atoms with Crippen LogP contribution in [0.3, 0.4) is 0 Å². The second-order valence-corrected chi connectivity index (χ2v) is 12.1. The van der Waals surface area contributed by atoms with E-state index in [1.807, 2.05) is 39.0 Å². The number of fused-ring (bicyclic) bond motifs is 1. The number of esters is 1. The van der Waals surface area contributed by atoms with E-state index in [9.17, 15) is 9.59 Å². The number of hydrogen-bond donors (Lipinski definition) is 1. The summed E-state index contributed by atoms with van der Waals surface area (Å²) >= 11 is 1.46. The number of amides is 1. The van der Waals surface area contributed by atoms with E-state index in [2.05, 4.69) is 20.3 Å². The molecule has 1 amide bonds. The van der Waals surface area contributed by atoms with Crippen LogP contribution in [0.2, 0.25) is 0 Å². The summed E-state index contributed by atoms with van der Waals surface area (Å²) in [6.45, 7) is 7.79. The van der Waals surface area contributed by atoms with Crippen molar-refractivity contribution in [2.45, 2.75) is 90.3 Å². The molecule has 9 nitrogen and oxygen atoms in total. The first-order chi connectivity index (χ1) is 18.1. The van der Waals surface area contributed by atoms with Crippen LogP contribution in [-0.4, -0.2) is 50.7 Å². The number of rotatable bonds is 8. The van der Waals surface area contributed by atoms with Crippen molar-refractivity contribution in [3.05, 3.63) is 36.4 Å². The fraction of sp³-hybridized carbons (Fsp3) is 0.536. The minimum Gasteiger partial charge on any atom is -0.460 e. The van der Waals surface area contributed by atoms with Crippen LogP contribution in [0.5, 0.6) is 0 Å². The van der Waals surface area contributed by atoms with Gasteiger partial charge in [-0.05, 0) is 70.6 Å². The Balaban J connectivity index is 1.16. The van der Waals surface area contributed by atoms with Gasteiger partial charge in [-0.1, -0.05) is 17.4 Å². The number of anilines is 1. The zero-order valence-corrected chi connectivity index (χ0v) is 23.0. The monoisotopic (exact) mass is 538 g/mol. The molecule has 1 aromatic carbocycles. The van der Waals surface area contributed by atoms with Crippen molar-refractivity contribution in [3.8, 4) is 11.1 Å². The molecule has 2 saturated carbocycles. The quantitative estimate of drug-likeness (QED) is 0.385. The highest BCUT2D eigenvalue weighted by molar-refractivity contribution is 7.22. The van der Waals surface area contributed by atoms with Gasteiger partial charge in [-0.25, -0.2) is 15.0 Å². The molecule has 2 heterocycles. The van der Waals surface area contributed by atoms with E-state index in [-0.39, 0.29) is 48.3 Å². The van der Waals surface area contributed by atoms with Gasteiger partial charge in [0.15, 0.2) is 11.0 Å². The number of aromatic nitrogens is 3. The molecule has 0 aliphatic heterocycles. The molecule has 0 spiro atoms. The van der Waals surface area contributed by atoms with E-state index < -0.39 is 0 Å². The maximum Gasteiger partial charge on any atom is 0.302 e. The van der Waals surface area contributed by atoms with Crippen LogP contribution in [0, 0.1) is 5.92 Å². The van der Waals surface area contributed by atoms with Crippen LogP contribution in [-0.2, 0) is 30.4 Å². The Morgan fingerprint density at radius 2 is 1.82 bits per heavy atom. The summed E-state index contributed by atoms with van der Waals surface area (Å²) in [7, 11) is 0. The summed E-state index contributed by atoms with van der Waals surface area (Å²) in [5, 5.41) is 3.58. The fourth-order valence-corrected chi connectivity index (χ4v) is 5.84. The number of nitrogens with one attached hydrogen (secondary N) is 1. The van der Waals surface area contributed by atoms with Crippen LogP contribution in [0.4, 0.5) is 5.13 Å². The Labute approximate surface area is 226 Å². The maximum absolute atomic E-state index is 12.7. The van der Waals surface area contributed by atoms with Gasteiger partial charge >= 0.3 is 5.97 Å². The van der Waals surface area contributed by atoms with Gasteiger partial charge in [0.05, 0.1) is 28.0 Å². The molecular formula is C28H34N4O5S. The molecule has 0 radical (unpaired) electrons. The lowest BCUT2D eigenvalue weighted by Gasteiger charge is -2.38. The SMILES string of the molecule is CC(=O)O[C@H]1CCC[C@@H]1OCc1ncc(-c2ccc3nc(NC(=O)[C@H]4C[C@@H](OC(C)(C)C)C4)sc3c2)cn1. The van der Waals surface area contributed by atoms with Crippen molar-refractivity contribution in [2.75, 3.05) is 5.32 Å². The number of thiazole rings is 1. The highest BCUT2D eigenvalue weighted by Gasteiger charge is 2.37. The molecule has 2 fully saturated rings. The molecule has 0 unspecified atom stereocenters. The average Bonchev–Trinajstić information content (AvgIpc) is 3.44. The molecular weight excluding hydrogens is 504 g/mol. The summed E-state index contributed by atoms with van der Waals surface area (Å²) < 4.78 is 18.2. The van der Waals surface area contributed by atoms with Crippen LogP contribution >= 0.6 is 11.3 Å². The number of nitrogens with zero attached hydrogens (tertiary/aromatic N) is 3. The minimum atomic E-state index is -0.281. The standard InChI is InChI=1S/C28H34N4O5S/c1-16(33)36-23-7-5-6-22(23)35-15-25-29-13-19(14-30-25)17-8-9-21-24(12-17)38-27(31-21)32-26(34)18-10-20(11-18)37-28(2,3)4/h8-9,12-14,18,20,22-23H,5-7,10-11,15H2,1-4H3,(H,31,32,34)/t18-,20+,22-,23-/m0/s1.